The van der Waals surface area contributed by atoms with Gasteiger partial charge in [-0.3, -0.25) is 4.79 Å². The van der Waals surface area contributed by atoms with Crippen molar-refractivity contribution in [3.8, 4) is 5.75 Å². The van der Waals surface area contributed by atoms with Gasteiger partial charge in [0.05, 0.1) is 13.2 Å². The van der Waals surface area contributed by atoms with Crippen LogP contribution in [0.25, 0.3) is 0 Å². The summed E-state index contributed by atoms with van der Waals surface area (Å²) in [6, 6.07) is 5.13. The number of rotatable bonds is 5. The maximum absolute atomic E-state index is 11.9. The van der Waals surface area contributed by atoms with E-state index in [1.54, 1.807) is 19.1 Å². The molecule has 0 amide bonds. The molecular weight excluding hydrogens is 273 g/mol. The number of ketones is 1. The lowest BCUT2D eigenvalue weighted by molar-refractivity contribution is -0.117. The quantitative estimate of drug-likeness (QED) is 0.607. The molecule has 2 rings (SSSR count). The first-order valence-electron chi connectivity index (χ1n) is 6.92. The van der Waals surface area contributed by atoms with Gasteiger partial charge in [-0.05, 0) is 25.0 Å². The summed E-state index contributed by atoms with van der Waals surface area (Å²) in [7, 11) is -1.14. The van der Waals surface area contributed by atoms with Gasteiger partial charge in [0.15, 0.2) is 0 Å². The number of nitrogens with two attached hydrogens (primary N) is 1. The zero-order valence-corrected chi connectivity index (χ0v) is 11.9. The number of benzene rings is 1. The van der Waals surface area contributed by atoms with Crippen LogP contribution in [0.5, 0.6) is 5.75 Å². The first kappa shape index (κ1) is 15.5. The molecule has 1 heterocycles. The van der Waals surface area contributed by atoms with Crippen LogP contribution in [0, 0.1) is 0 Å². The fourth-order valence-electron chi connectivity index (χ4n) is 2.40. The van der Waals surface area contributed by atoms with Crippen molar-refractivity contribution >= 4 is 18.9 Å². The summed E-state index contributed by atoms with van der Waals surface area (Å²) in [6.45, 7) is 1.93. The Balaban J connectivity index is 2.24. The maximum atomic E-state index is 11.9. The lowest BCUT2D eigenvalue weighted by Crippen LogP contribution is -2.36. The maximum Gasteiger partial charge on any atom is 0.526 e. The van der Waals surface area contributed by atoms with Gasteiger partial charge in [0.25, 0.3) is 0 Å². The molecule has 112 valence electrons. The Morgan fingerprint density at radius 2 is 2.29 bits per heavy atom. The zero-order valence-electron chi connectivity index (χ0n) is 11.9. The average molecular weight is 291 g/mol. The Kier molecular flexibility index (Phi) is 4.98. The van der Waals surface area contributed by atoms with E-state index < -0.39 is 13.1 Å². The first-order valence-corrected chi connectivity index (χ1v) is 6.92. The molecule has 6 nitrogen and oxygen atoms in total. The smallest absolute Gasteiger partial charge is 0.526 e. The van der Waals surface area contributed by atoms with E-state index in [9.17, 15) is 14.6 Å². The summed E-state index contributed by atoms with van der Waals surface area (Å²) >= 11 is 0. The Morgan fingerprint density at radius 3 is 2.95 bits per heavy atom. The molecule has 1 aromatic rings. The minimum atomic E-state index is -1.14. The minimum absolute atomic E-state index is 0.0566. The van der Waals surface area contributed by atoms with Gasteiger partial charge in [0, 0.05) is 12.2 Å². The van der Waals surface area contributed by atoms with Crippen LogP contribution in [0.4, 0.5) is 0 Å². The SMILES string of the molecule is CCOC(=O)c1cccc2c1OB(O)[C@@H](CC(=O)CN)C2. The molecule has 0 unspecified atom stereocenters. The molecule has 1 aromatic carbocycles. The van der Waals surface area contributed by atoms with Crippen LogP contribution in [0.3, 0.4) is 0 Å². The molecule has 1 aliphatic heterocycles. The number of hydrogen-bond donors (Lipinski definition) is 2. The Labute approximate surface area is 123 Å². The summed E-state index contributed by atoms with van der Waals surface area (Å²) in [6.07, 6.45) is 0.607. The monoisotopic (exact) mass is 291 g/mol. The van der Waals surface area contributed by atoms with Crippen LogP contribution in [0.1, 0.15) is 29.3 Å². The molecule has 0 saturated carbocycles. The molecule has 1 aliphatic rings. The molecule has 0 fully saturated rings. The van der Waals surface area contributed by atoms with Crippen LogP contribution in [0.15, 0.2) is 18.2 Å². The Hall–Kier alpha value is -1.86. The van der Waals surface area contributed by atoms with E-state index >= 15 is 0 Å². The second-order valence-corrected chi connectivity index (χ2v) is 4.93. The molecule has 3 N–H and O–H groups in total. The topological polar surface area (TPSA) is 98.9 Å². The fourth-order valence-corrected chi connectivity index (χ4v) is 2.40. The molecule has 0 bridgehead atoms. The highest BCUT2D eigenvalue weighted by Gasteiger charge is 2.37. The zero-order chi connectivity index (χ0) is 15.4. The molecule has 0 spiro atoms. The van der Waals surface area contributed by atoms with Crippen molar-refractivity contribution < 1.29 is 24.0 Å². The number of fused-ring (bicyclic) bond motifs is 1. The van der Waals surface area contributed by atoms with Gasteiger partial charge in [-0.25, -0.2) is 4.79 Å². The van der Waals surface area contributed by atoms with Gasteiger partial charge in [-0.2, -0.15) is 0 Å². The van der Waals surface area contributed by atoms with Gasteiger partial charge in [-0.1, -0.05) is 12.1 Å². The van der Waals surface area contributed by atoms with E-state index in [4.69, 9.17) is 15.1 Å². The molecule has 21 heavy (non-hydrogen) atoms. The van der Waals surface area contributed by atoms with Crippen molar-refractivity contribution in [1.29, 1.82) is 0 Å². The average Bonchev–Trinajstić information content (AvgIpc) is 2.47. The second kappa shape index (κ2) is 6.73. The normalized spacial score (nSPS) is 16.9. The number of esters is 1. The molecule has 0 aliphatic carbocycles. The van der Waals surface area contributed by atoms with E-state index in [0.29, 0.717) is 12.2 Å². The highest BCUT2D eigenvalue weighted by Crippen LogP contribution is 2.36. The van der Waals surface area contributed by atoms with Crippen LogP contribution >= 0.6 is 0 Å². The van der Waals surface area contributed by atoms with Crippen LogP contribution < -0.4 is 10.4 Å². The highest BCUT2D eigenvalue weighted by atomic mass is 16.5. The standard InChI is InChI=1S/C14H18BNO5/c1-2-20-14(18)12-5-3-4-9-6-10(7-11(17)8-16)15(19)21-13(9)12/h3-5,10,19H,2,6-8,16H2,1H3/t10-/m1/s1. The van der Waals surface area contributed by atoms with Gasteiger partial charge in [-0.15, -0.1) is 0 Å². The second-order valence-electron chi connectivity index (χ2n) is 4.93. The minimum Gasteiger partial charge on any atom is -0.535 e. The van der Waals surface area contributed by atoms with Crippen molar-refractivity contribution in [3.05, 3.63) is 29.3 Å². The highest BCUT2D eigenvalue weighted by molar-refractivity contribution is 6.47. The van der Waals surface area contributed by atoms with Gasteiger partial charge >= 0.3 is 13.1 Å². The summed E-state index contributed by atoms with van der Waals surface area (Å²) in [4.78, 5) is 23.3. The van der Waals surface area contributed by atoms with Crippen molar-refractivity contribution in [2.75, 3.05) is 13.2 Å². The molecule has 7 heteroatoms. The predicted molar refractivity (Wildman–Crippen MR) is 77.1 cm³/mol. The molecule has 1 atom stereocenters. The Morgan fingerprint density at radius 1 is 1.52 bits per heavy atom. The lowest BCUT2D eigenvalue weighted by Gasteiger charge is -2.28. The predicted octanol–water partition coefficient (Wildman–Crippen LogP) is 0.567. The summed E-state index contributed by atoms with van der Waals surface area (Å²) < 4.78 is 10.4. The van der Waals surface area contributed by atoms with E-state index in [1.165, 1.54) is 0 Å². The summed E-state index contributed by atoms with van der Waals surface area (Å²) in [5.41, 5.74) is 6.36. The van der Waals surface area contributed by atoms with Crippen molar-refractivity contribution in [2.24, 2.45) is 5.73 Å². The molecule has 0 saturated heterocycles. The Bertz CT molecular complexity index is 548. The number of hydrogen-bond acceptors (Lipinski definition) is 6. The van der Waals surface area contributed by atoms with Crippen molar-refractivity contribution in [1.82, 2.24) is 0 Å². The van der Waals surface area contributed by atoms with E-state index in [1.807, 2.05) is 6.07 Å². The van der Waals surface area contributed by atoms with Gasteiger partial charge in [0.2, 0.25) is 0 Å². The third kappa shape index (κ3) is 3.43. The third-order valence-electron chi connectivity index (χ3n) is 3.43. The number of ether oxygens (including phenoxy) is 1. The third-order valence-corrected chi connectivity index (χ3v) is 3.43. The summed E-state index contributed by atoms with van der Waals surface area (Å²) in [5, 5.41) is 10.0. The fraction of sp³-hybridized carbons (Fsp3) is 0.429. The van der Waals surface area contributed by atoms with Crippen LogP contribution in [0.2, 0.25) is 5.82 Å². The van der Waals surface area contributed by atoms with Gasteiger partial charge < -0.3 is 20.1 Å². The van der Waals surface area contributed by atoms with Gasteiger partial charge in [0.1, 0.15) is 17.1 Å². The number of para-hydroxylation sites is 1. The van der Waals surface area contributed by atoms with E-state index in [2.05, 4.69) is 0 Å². The largest absolute Gasteiger partial charge is 0.535 e. The lowest BCUT2D eigenvalue weighted by atomic mass is 9.64. The van der Waals surface area contributed by atoms with Crippen LogP contribution in [-0.4, -0.2) is 37.0 Å². The number of carbonyl (C=O) groups is 2. The number of carbonyl (C=O) groups excluding carboxylic acids is 2. The molecular formula is C14H18BNO5. The molecule has 0 aromatic heterocycles. The van der Waals surface area contributed by atoms with Crippen molar-refractivity contribution in [2.45, 2.75) is 25.6 Å². The van der Waals surface area contributed by atoms with E-state index in [0.717, 1.165) is 5.56 Å². The summed E-state index contributed by atoms with van der Waals surface area (Å²) in [5.74, 6) is -0.642. The number of Topliss-reactive ketones (excluding diaryl/α,β-unsaturated/α-hetero) is 1. The molecule has 0 radical (unpaired) electrons. The first-order chi connectivity index (χ1) is 10.1. The van der Waals surface area contributed by atoms with E-state index in [-0.39, 0.29) is 36.7 Å². The van der Waals surface area contributed by atoms with Crippen molar-refractivity contribution in [3.63, 3.8) is 0 Å². The van der Waals surface area contributed by atoms with Crippen LogP contribution in [-0.2, 0) is 16.0 Å².